The molecule has 1 aromatic heterocycles. The highest BCUT2D eigenvalue weighted by atomic mass is 19.1. The number of likely N-dealkylation sites (tertiary alicyclic amines) is 1. The predicted molar refractivity (Wildman–Crippen MR) is 163 cm³/mol. The van der Waals surface area contributed by atoms with Crippen molar-refractivity contribution in [3.05, 3.63) is 54.4 Å². The lowest BCUT2D eigenvalue weighted by Crippen LogP contribution is -2.56. The number of alkyl halides is 1. The highest BCUT2D eigenvalue weighted by Gasteiger charge is 2.33. The van der Waals surface area contributed by atoms with Gasteiger partial charge in [0.2, 0.25) is 11.9 Å². The number of carbonyl (C=O) groups excluding carboxylic acids is 1. The zero-order valence-corrected chi connectivity index (χ0v) is 24.8. The van der Waals surface area contributed by atoms with Crippen LogP contribution in [-0.2, 0) is 9.53 Å². The fourth-order valence-electron chi connectivity index (χ4n) is 5.75. The number of halogens is 1. The molecular weight excluding hydrogens is 577 g/mol. The van der Waals surface area contributed by atoms with Gasteiger partial charge in [-0.25, -0.2) is 14.4 Å². The molecule has 1 amide bonds. The van der Waals surface area contributed by atoms with Gasteiger partial charge in [0.1, 0.15) is 24.3 Å². The lowest BCUT2D eigenvalue weighted by Gasteiger charge is -2.43. The van der Waals surface area contributed by atoms with Gasteiger partial charge in [-0.15, -0.1) is 0 Å². The van der Waals surface area contributed by atoms with Crippen molar-refractivity contribution in [1.29, 1.82) is 10.5 Å². The fourth-order valence-corrected chi connectivity index (χ4v) is 5.75. The van der Waals surface area contributed by atoms with Gasteiger partial charge in [0.05, 0.1) is 37.4 Å². The minimum atomic E-state index is -1.42. The number of rotatable bonds is 9. The second-order valence-corrected chi connectivity index (χ2v) is 11.3. The van der Waals surface area contributed by atoms with Gasteiger partial charge >= 0.3 is 0 Å². The van der Waals surface area contributed by atoms with Gasteiger partial charge in [-0.3, -0.25) is 9.69 Å². The van der Waals surface area contributed by atoms with Gasteiger partial charge in [-0.2, -0.15) is 15.5 Å². The van der Waals surface area contributed by atoms with E-state index < -0.39 is 12.3 Å². The molecule has 0 aliphatic carbocycles. The molecule has 3 aliphatic heterocycles. The van der Waals surface area contributed by atoms with Crippen molar-refractivity contribution < 1.29 is 18.7 Å². The van der Waals surface area contributed by atoms with Crippen molar-refractivity contribution in [3.63, 3.8) is 0 Å². The molecule has 0 saturated carbocycles. The average Bonchev–Trinajstić information content (AvgIpc) is 3.05. The number of benzene rings is 2. The van der Waals surface area contributed by atoms with Crippen LogP contribution in [0, 0.1) is 22.7 Å². The summed E-state index contributed by atoms with van der Waals surface area (Å²) in [5.74, 6) is 0.741. The quantitative estimate of drug-likeness (QED) is 0.381. The van der Waals surface area contributed by atoms with E-state index in [1.807, 2.05) is 18.2 Å². The van der Waals surface area contributed by atoms with Crippen LogP contribution < -0.4 is 15.0 Å². The average molecular weight is 612 g/mol. The van der Waals surface area contributed by atoms with Gasteiger partial charge < -0.3 is 24.6 Å². The van der Waals surface area contributed by atoms with Crippen molar-refractivity contribution >= 4 is 23.2 Å². The molecule has 232 valence electrons. The maximum absolute atomic E-state index is 14.9. The number of nitrogens with zero attached hydrogens (tertiary/aromatic N) is 8. The Kier molecular flexibility index (Phi) is 9.29. The highest BCUT2D eigenvalue weighted by Crippen LogP contribution is 2.29. The first-order chi connectivity index (χ1) is 22.0. The van der Waals surface area contributed by atoms with E-state index in [4.69, 9.17) is 14.7 Å². The molecule has 0 unspecified atom stereocenters. The number of amides is 1. The number of anilines is 3. The molecule has 13 heteroatoms. The van der Waals surface area contributed by atoms with Crippen LogP contribution in [-0.4, -0.2) is 101 Å². The van der Waals surface area contributed by atoms with Crippen LogP contribution in [0.5, 0.6) is 5.75 Å². The van der Waals surface area contributed by atoms with Crippen LogP contribution in [0.25, 0.3) is 11.4 Å². The SMILES string of the molecule is N#CCCC(=O)N1CC[C@H](Oc2ccc(-c3ncnc(Nc4ccc(N5CCN(C6COC6)CC5)cc4)n3)cc2C#N)[C@@H](F)C1. The Hall–Kier alpha value is -4.85. The van der Waals surface area contributed by atoms with Crippen molar-refractivity contribution in [2.75, 3.05) is 62.7 Å². The smallest absolute Gasteiger partial charge is 0.230 e. The van der Waals surface area contributed by atoms with E-state index in [0.717, 1.165) is 45.1 Å². The standard InChI is InChI=1S/C32H34FN9O3/c33-27-18-42(30(43)2-1-10-34)11-9-29(27)45-28-8-3-22(16-23(28)17-35)31-36-21-37-32(39-31)38-24-4-6-25(7-5-24)40-12-14-41(15-13-40)26-19-44-20-26/h3-8,16,21,26-27,29H,1-2,9,11-15,18-20H2,(H,36,37,38,39)/t27-,29-/m0/s1. The molecule has 6 rings (SSSR count). The van der Waals surface area contributed by atoms with E-state index >= 15 is 0 Å². The molecule has 45 heavy (non-hydrogen) atoms. The lowest BCUT2D eigenvalue weighted by molar-refractivity contribution is -0.135. The van der Waals surface area contributed by atoms with E-state index in [0.29, 0.717) is 29.9 Å². The first-order valence-corrected chi connectivity index (χ1v) is 15.1. The molecule has 0 spiro atoms. The summed E-state index contributed by atoms with van der Waals surface area (Å²) in [6, 6.07) is 17.7. The van der Waals surface area contributed by atoms with E-state index in [2.05, 4.69) is 48.3 Å². The topological polar surface area (TPSA) is 144 Å². The number of piperidine rings is 1. The highest BCUT2D eigenvalue weighted by molar-refractivity contribution is 5.76. The van der Waals surface area contributed by atoms with Crippen LogP contribution in [0.2, 0.25) is 0 Å². The number of carbonyl (C=O) groups is 1. The molecule has 3 fully saturated rings. The normalized spacial score (nSPS) is 20.5. The summed E-state index contributed by atoms with van der Waals surface area (Å²) < 4.78 is 26.2. The third-order valence-electron chi connectivity index (χ3n) is 8.43. The number of hydrogen-bond acceptors (Lipinski definition) is 11. The maximum Gasteiger partial charge on any atom is 0.230 e. The second kappa shape index (κ2) is 13.8. The molecule has 3 aliphatic rings. The Morgan fingerprint density at radius 2 is 1.87 bits per heavy atom. The zero-order chi connectivity index (χ0) is 31.2. The Balaban J connectivity index is 1.06. The Morgan fingerprint density at radius 1 is 1.07 bits per heavy atom. The summed E-state index contributed by atoms with van der Waals surface area (Å²) >= 11 is 0. The largest absolute Gasteiger partial charge is 0.486 e. The fraction of sp³-hybridized carbons (Fsp3) is 0.438. The number of piperazine rings is 1. The summed E-state index contributed by atoms with van der Waals surface area (Å²) in [4.78, 5) is 31.6. The first-order valence-electron chi connectivity index (χ1n) is 15.1. The number of hydrogen-bond donors (Lipinski definition) is 1. The predicted octanol–water partition coefficient (Wildman–Crippen LogP) is 3.30. The van der Waals surface area contributed by atoms with Crippen LogP contribution in [0.3, 0.4) is 0 Å². The van der Waals surface area contributed by atoms with E-state index in [1.165, 1.54) is 16.9 Å². The summed E-state index contributed by atoms with van der Waals surface area (Å²) in [6.07, 6.45) is -0.353. The lowest BCUT2D eigenvalue weighted by atomic mass is 10.0. The second-order valence-electron chi connectivity index (χ2n) is 11.3. The van der Waals surface area contributed by atoms with Crippen molar-refractivity contribution in [2.24, 2.45) is 0 Å². The molecular formula is C32H34FN9O3. The van der Waals surface area contributed by atoms with E-state index in [1.54, 1.807) is 18.2 Å². The zero-order valence-electron chi connectivity index (χ0n) is 24.8. The Bertz CT molecular complexity index is 1580. The van der Waals surface area contributed by atoms with Gasteiger partial charge in [-0.1, -0.05) is 0 Å². The molecule has 3 saturated heterocycles. The number of nitriles is 2. The summed E-state index contributed by atoms with van der Waals surface area (Å²) in [6.45, 7) is 5.93. The third-order valence-corrected chi connectivity index (χ3v) is 8.43. The van der Waals surface area contributed by atoms with E-state index in [9.17, 15) is 14.4 Å². The van der Waals surface area contributed by atoms with Gasteiger partial charge in [0.15, 0.2) is 12.0 Å². The van der Waals surface area contributed by atoms with E-state index in [-0.39, 0.29) is 43.0 Å². The van der Waals surface area contributed by atoms with Crippen LogP contribution in [0.4, 0.5) is 21.7 Å². The Labute approximate surface area is 261 Å². The molecule has 0 radical (unpaired) electrons. The third kappa shape index (κ3) is 7.11. The summed E-state index contributed by atoms with van der Waals surface area (Å²) in [5.41, 5.74) is 2.81. The van der Waals surface area contributed by atoms with Gasteiger partial charge in [0, 0.05) is 68.9 Å². The van der Waals surface area contributed by atoms with Crippen LogP contribution in [0.1, 0.15) is 24.8 Å². The summed E-state index contributed by atoms with van der Waals surface area (Å²) in [7, 11) is 0. The molecule has 4 heterocycles. The first kappa shape index (κ1) is 30.2. The maximum atomic E-state index is 14.9. The van der Waals surface area contributed by atoms with Gasteiger partial charge in [-0.05, 0) is 42.5 Å². The van der Waals surface area contributed by atoms with Gasteiger partial charge in [0.25, 0.3) is 0 Å². The molecule has 0 bridgehead atoms. The number of ether oxygens (including phenoxy) is 2. The number of aromatic nitrogens is 3. The van der Waals surface area contributed by atoms with Crippen molar-refractivity contribution in [3.8, 4) is 29.3 Å². The molecule has 2 aromatic carbocycles. The Morgan fingerprint density at radius 3 is 2.56 bits per heavy atom. The minimum Gasteiger partial charge on any atom is -0.486 e. The minimum absolute atomic E-state index is 0.0739. The molecule has 2 atom stereocenters. The molecule has 3 aromatic rings. The molecule has 12 nitrogen and oxygen atoms in total. The summed E-state index contributed by atoms with van der Waals surface area (Å²) in [5, 5.41) is 21.7. The van der Waals surface area contributed by atoms with Crippen LogP contribution >= 0.6 is 0 Å². The van der Waals surface area contributed by atoms with Crippen molar-refractivity contribution in [2.45, 2.75) is 37.6 Å². The van der Waals surface area contributed by atoms with Crippen molar-refractivity contribution in [1.82, 2.24) is 24.8 Å². The van der Waals surface area contributed by atoms with Crippen LogP contribution in [0.15, 0.2) is 48.8 Å². The monoisotopic (exact) mass is 611 g/mol. The molecule has 1 N–H and O–H groups in total. The number of nitrogens with one attached hydrogen (secondary N) is 1.